The van der Waals surface area contributed by atoms with E-state index in [1.165, 1.54) is 12.1 Å². The van der Waals surface area contributed by atoms with E-state index in [4.69, 9.17) is 4.74 Å². The van der Waals surface area contributed by atoms with Gasteiger partial charge >= 0.3 is 12.0 Å². The Bertz CT molecular complexity index is 956. The number of nitro benzene ring substituents is 1. The molecule has 3 aliphatic rings. The van der Waals surface area contributed by atoms with Crippen LogP contribution in [0.3, 0.4) is 0 Å². The Hall–Kier alpha value is -3.50. The molecule has 1 aromatic carbocycles. The Morgan fingerprint density at radius 1 is 1.30 bits per heavy atom. The highest BCUT2D eigenvalue weighted by atomic mass is 16.6. The van der Waals surface area contributed by atoms with Crippen molar-refractivity contribution in [3.63, 3.8) is 0 Å². The van der Waals surface area contributed by atoms with Gasteiger partial charge < -0.3 is 9.64 Å². The predicted molar refractivity (Wildman–Crippen MR) is 101 cm³/mol. The number of benzene rings is 1. The van der Waals surface area contributed by atoms with Gasteiger partial charge in [-0.1, -0.05) is 0 Å². The van der Waals surface area contributed by atoms with Crippen molar-refractivity contribution >= 4 is 35.2 Å². The van der Waals surface area contributed by atoms with Gasteiger partial charge in [0.25, 0.3) is 5.69 Å². The number of piperidine rings is 1. The number of nitro groups is 1. The maximum atomic E-state index is 13.0. The molecule has 0 unspecified atom stereocenters. The molecule has 4 rings (SSSR count). The van der Waals surface area contributed by atoms with Gasteiger partial charge in [-0.05, 0) is 31.4 Å². The first-order valence-electron chi connectivity index (χ1n) is 9.65. The molecule has 30 heavy (non-hydrogen) atoms. The summed E-state index contributed by atoms with van der Waals surface area (Å²) in [5, 5.41) is 15.5. The van der Waals surface area contributed by atoms with Gasteiger partial charge in [0.15, 0.2) is 5.41 Å². The van der Waals surface area contributed by atoms with Crippen LogP contribution in [0.5, 0.6) is 0 Å². The molecule has 2 atom stereocenters. The number of anilines is 1. The van der Waals surface area contributed by atoms with E-state index in [2.05, 4.69) is 10.6 Å². The highest BCUT2D eigenvalue weighted by molar-refractivity contribution is 6.20. The Morgan fingerprint density at radius 2 is 2.00 bits per heavy atom. The number of urea groups is 1. The molecule has 2 N–H and O–H groups in total. The first-order valence-corrected chi connectivity index (χ1v) is 9.65. The second-order valence-electron chi connectivity index (χ2n) is 7.64. The highest BCUT2D eigenvalue weighted by Gasteiger charge is 2.61. The minimum absolute atomic E-state index is 0.119. The third kappa shape index (κ3) is 2.88. The maximum Gasteiger partial charge on any atom is 0.328 e. The molecule has 0 aromatic heterocycles. The van der Waals surface area contributed by atoms with Crippen molar-refractivity contribution in [2.24, 2.45) is 11.3 Å². The van der Waals surface area contributed by atoms with Crippen molar-refractivity contribution in [2.75, 3.05) is 18.1 Å². The normalized spacial score (nSPS) is 24.4. The fourth-order valence-electron chi connectivity index (χ4n) is 4.75. The number of rotatable bonds is 3. The molecule has 158 valence electrons. The average molecular weight is 416 g/mol. The second-order valence-corrected chi connectivity index (χ2v) is 7.64. The molecule has 3 heterocycles. The zero-order valence-corrected chi connectivity index (χ0v) is 16.2. The lowest BCUT2D eigenvalue weighted by Gasteiger charge is -2.53. The summed E-state index contributed by atoms with van der Waals surface area (Å²) in [5.41, 5.74) is -0.705. The van der Waals surface area contributed by atoms with Gasteiger partial charge in [0.2, 0.25) is 11.8 Å². The highest BCUT2D eigenvalue weighted by Crippen LogP contribution is 2.48. The summed E-state index contributed by atoms with van der Waals surface area (Å²) in [4.78, 5) is 62.6. The molecule has 1 aromatic rings. The van der Waals surface area contributed by atoms with Crippen molar-refractivity contribution in [1.82, 2.24) is 10.6 Å². The number of carbonyl (C=O) groups is 4. The van der Waals surface area contributed by atoms with E-state index in [1.807, 2.05) is 4.90 Å². The maximum absolute atomic E-state index is 13.0. The third-order valence-corrected chi connectivity index (χ3v) is 6.11. The molecule has 11 nitrogen and oxygen atoms in total. The molecule has 11 heteroatoms. The predicted octanol–water partition coefficient (Wildman–Crippen LogP) is 0.651. The van der Waals surface area contributed by atoms with Crippen molar-refractivity contribution in [2.45, 2.75) is 32.2 Å². The Kier molecular flexibility index (Phi) is 4.67. The Morgan fingerprint density at radius 3 is 2.63 bits per heavy atom. The fourth-order valence-corrected chi connectivity index (χ4v) is 4.75. The van der Waals surface area contributed by atoms with Crippen molar-refractivity contribution in [1.29, 1.82) is 0 Å². The number of hydrogen-bond acceptors (Lipinski definition) is 8. The number of amides is 4. The summed E-state index contributed by atoms with van der Waals surface area (Å²) in [5.74, 6) is -2.43. The van der Waals surface area contributed by atoms with Crippen LogP contribution in [0.4, 0.5) is 16.2 Å². The van der Waals surface area contributed by atoms with Gasteiger partial charge in [0, 0.05) is 30.8 Å². The fraction of sp³-hybridized carbons (Fsp3) is 0.474. The van der Waals surface area contributed by atoms with Crippen LogP contribution in [0, 0.1) is 21.4 Å². The van der Waals surface area contributed by atoms with Gasteiger partial charge in [0.05, 0.1) is 23.5 Å². The number of esters is 1. The zero-order valence-electron chi connectivity index (χ0n) is 16.2. The summed E-state index contributed by atoms with van der Waals surface area (Å²) in [7, 11) is 0. The van der Waals surface area contributed by atoms with Gasteiger partial charge in [-0.2, -0.15) is 0 Å². The Balaban J connectivity index is 1.81. The molecule has 2 saturated heterocycles. The molecule has 2 fully saturated rings. The molecule has 0 bridgehead atoms. The van der Waals surface area contributed by atoms with Crippen LogP contribution < -0.4 is 15.5 Å². The number of imide groups is 2. The number of barbiturate groups is 1. The van der Waals surface area contributed by atoms with Crippen molar-refractivity contribution in [3.05, 3.63) is 33.9 Å². The van der Waals surface area contributed by atoms with E-state index in [-0.39, 0.29) is 25.1 Å². The lowest BCUT2D eigenvalue weighted by Crippen LogP contribution is -2.72. The van der Waals surface area contributed by atoms with Crippen LogP contribution in [-0.4, -0.2) is 47.9 Å². The first kappa shape index (κ1) is 19.8. The molecule has 4 amide bonds. The Labute approximate surface area is 170 Å². The number of carbonyl (C=O) groups excluding carboxylic acids is 4. The van der Waals surface area contributed by atoms with Gasteiger partial charge in [-0.3, -0.25) is 35.1 Å². The lowest BCUT2D eigenvalue weighted by atomic mass is 9.65. The number of non-ortho nitro benzene ring substituents is 1. The molecule has 1 spiro atoms. The van der Waals surface area contributed by atoms with E-state index in [9.17, 15) is 29.3 Å². The van der Waals surface area contributed by atoms with E-state index in [0.717, 1.165) is 0 Å². The molecular formula is C19H20N4O7. The smallest absolute Gasteiger partial charge is 0.328 e. The summed E-state index contributed by atoms with van der Waals surface area (Å²) in [6.45, 7) is 2.28. The van der Waals surface area contributed by atoms with Gasteiger partial charge in [-0.25, -0.2) is 4.79 Å². The minimum atomic E-state index is -1.69. The topological polar surface area (TPSA) is 148 Å². The number of nitrogens with one attached hydrogen (secondary N) is 2. The lowest BCUT2D eigenvalue weighted by molar-refractivity contribution is -0.384. The zero-order chi connectivity index (χ0) is 21.6. The van der Waals surface area contributed by atoms with Gasteiger partial charge in [-0.15, -0.1) is 0 Å². The van der Waals surface area contributed by atoms with Crippen LogP contribution in [0.15, 0.2) is 18.2 Å². The van der Waals surface area contributed by atoms with Crippen LogP contribution in [-0.2, 0) is 25.5 Å². The summed E-state index contributed by atoms with van der Waals surface area (Å²) < 4.78 is 5.13. The molecule has 0 saturated carbocycles. The van der Waals surface area contributed by atoms with Crippen molar-refractivity contribution in [3.8, 4) is 0 Å². The van der Waals surface area contributed by atoms with Crippen LogP contribution in [0.1, 0.15) is 25.3 Å². The van der Waals surface area contributed by atoms with Gasteiger partial charge in [0.1, 0.15) is 0 Å². The second kappa shape index (κ2) is 7.08. The van der Waals surface area contributed by atoms with E-state index < -0.39 is 46.1 Å². The number of hydrogen-bond donors (Lipinski definition) is 2. The number of fused-ring (bicyclic) bond motifs is 4. The number of ether oxygens (including phenoxy) is 1. The largest absolute Gasteiger partial charge is 0.466 e. The van der Waals surface area contributed by atoms with Crippen molar-refractivity contribution < 1.29 is 28.8 Å². The minimum Gasteiger partial charge on any atom is -0.466 e. The summed E-state index contributed by atoms with van der Waals surface area (Å²) in [6, 6.07) is 2.70. The monoisotopic (exact) mass is 416 g/mol. The van der Waals surface area contributed by atoms with E-state index in [1.54, 1.807) is 13.0 Å². The van der Waals surface area contributed by atoms with Crippen LogP contribution >= 0.6 is 0 Å². The number of nitrogens with zero attached hydrogens (tertiary/aromatic N) is 2. The molecular weight excluding hydrogens is 396 g/mol. The van der Waals surface area contributed by atoms with E-state index >= 15 is 0 Å². The average Bonchev–Trinajstić information content (AvgIpc) is 2.71. The van der Waals surface area contributed by atoms with Crippen LogP contribution in [0.25, 0.3) is 0 Å². The third-order valence-electron chi connectivity index (χ3n) is 6.11. The SMILES string of the molecule is CCOC(=O)[C@@H]1CCN2c3ccc([N+](=O)[O-])cc3CC3(C(=O)NC(=O)NC3=O)[C@H]2C1. The molecule has 0 aliphatic carbocycles. The molecule has 3 aliphatic heterocycles. The quantitative estimate of drug-likeness (QED) is 0.316. The summed E-state index contributed by atoms with van der Waals surface area (Å²) in [6.07, 6.45) is 0.514. The molecule has 0 radical (unpaired) electrons. The standard InChI is InChI=1S/C19H20N4O7/c1-2-30-15(24)10-5-6-22-13-4-3-12(23(28)29)7-11(13)9-19(14(22)8-10)16(25)20-18(27)21-17(19)26/h3-4,7,10,14H,2,5-6,8-9H2,1H3,(H2,20,21,25,26,27)/t10-,14-/m1/s1. The summed E-state index contributed by atoms with van der Waals surface area (Å²) >= 11 is 0. The van der Waals surface area contributed by atoms with E-state index in [0.29, 0.717) is 24.2 Å². The van der Waals surface area contributed by atoms with Crippen LogP contribution in [0.2, 0.25) is 0 Å². The first-order chi connectivity index (χ1) is 14.3.